The van der Waals surface area contributed by atoms with E-state index in [0.717, 1.165) is 19.1 Å². The molecule has 0 atom stereocenters. The van der Waals surface area contributed by atoms with Crippen LogP contribution in [0.4, 0.5) is 5.69 Å². The Bertz CT molecular complexity index is 451. The van der Waals surface area contributed by atoms with Crippen LogP contribution >= 0.6 is 47.8 Å². The van der Waals surface area contributed by atoms with Crippen molar-refractivity contribution in [2.24, 2.45) is 0 Å². The number of halogens is 3. The molecule has 6 heteroatoms. The zero-order valence-electron chi connectivity index (χ0n) is 9.73. The number of benzene rings is 1. The number of esters is 1. The largest absolute Gasteiger partial charge is 0.463 e. The maximum absolute atomic E-state index is 11.4. The van der Waals surface area contributed by atoms with Gasteiger partial charge in [-0.3, -0.25) is 0 Å². The number of carbonyl (C=O) groups excluding carboxylic acids is 1. The second kappa shape index (κ2) is 7.31. The van der Waals surface area contributed by atoms with Gasteiger partial charge in [0.2, 0.25) is 0 Å². The van der Waals surface area contributed by atoms with Gasteiger partial charge in [-0.25, -0.2) is 4.79 Å². The summed E-state index contributed by atoms with van der Waals surface area (Å²) in [6.45, 7) is 6.13. The van der Waals surface area contributed by atoms with Crippen LogP contribution in [0.5, 0.6) is 0 Å². The molecule has 3 nitrogen and oxygen atoms in total. The maximum atomic E-state index is 11.4. The van der Waals surface area contributed by atoms with Crippen LogP contribution < -0.4 is 5.32 Å². The number of anilines is 1. The van der Waals surface area contributed by atoms with Crippen molar-refractivity contribution in [3.8, 4) is 0 Å². The van der Waals surface area contributed by atoms with Crippen LogP contribution in [-0.2, 0) is 9.53 Å². The molecule has 1 aromatic rings. The SMILES string of the molecule is C=C(CNc1c(Br)cc(Br)cc1Br)C(=O)OCC. The van der Waals surface area contributed by atoms with Crippen LogP contribution in [0, 0.1) is 0 Å². The molecule has 18 heavy (non-hydrogen) atoms. The van der Waals surface area contributed by atoms with E-state index in [9.17, 15) is 4.79 Å². The highest BCUT2D eigenvalue weighted by Crippen LogP contribution is 2.34. The normalized spacial score (nSPS) is 10.0. The zero-order valence-corrected chi connectivity index (χ0v) is 14.5. The molecule has 0 radical (unpaired) electrons. The Kier molecular flexibility index (Phi) is 6.38. The molecule has 0 fully saturated rings. The molecule has 0 bridgehead atoms. The van der Waals surface area contributed by atoms with E-state index in [1.54, 1.807) is 6.92 Å². The lowest BCUT2D eigenvalue weighted by Crippen LogP contribution is -2.15. The van der Waals surface area contributed by atoms with Gasteiger partial charge in [0.1, 0.15) is 0 Å². The number of rotatable bonds is 5. The van der Waals surface area contributed by atoms with Crippen LogP contribution in [0.25, 0.3) is 0 Å². The van der Waals surface area contributed by atoms with Gasteiger partial charge in [-0.2, -0.15) is 0 Å². The van der Waals surface area contributed by atoms with Gasteiger partial charge in [0.15, 0.2) is 0 Å². The first-order valence-electron chi connectivity index (χ1n) is 5.19. The van der Waals surface area contributed by atoms with Gasteiger partial charge < -0.3 is 10.1 Å². The fraction of sp³-hybridized carbons (Fsp3) is 0.250. The third kappa shape index (κ3) is 4.40. The standard InChI is InChI=1S/C12H12Br3NO2/c1-3-18-12(17)7(2)6-16-11-9(14)4-8(13)5-10(11)15/h4-5,16H,2-3,6H2,1H3. The summed E-state index contributed by atoms with van der Waals surface area (Å²) in [7, 11) is 0. The van der Waals surface area contributed by atoms with Gasteiger partial charge in [-0.15, -0.1) is 0 Å². The Morgan fingerprint density at radius 2 is 1.89 bits per heavy atom. The fourth-order valence-electron chi connectivity index (χ4n) is 1.21. The Labute approximate surface area is 131 Å². The number of ether oxygens (including phenoxy) is 1. The van der Waals surface area contributed by atoms with Gasteiger partial charge in [0, 0.05) is 25.5 Å². The minimum absolute atomic E-state index is 0.331. The monoisotopic (exact) mass is 439 g/mol. The molecular weight excluding hydrogens is 430 g/mol. The summed E-state index contributed by atoms with van der Waals surface area (Å²) < 4.78 is 7.60. The minimum atomic E-state index is -0.380. The van der Waals surface area contributed by atoms with Crippen molar-refractivity contribution in [3.05, 3.63) is 37.7 Å². The van der Waals surface area contributed by atoms with E-state index in [1.807, 2.05) is 12.1 Å². The first-order chi connectivity index (χ1) is 8.45. The highest BCUT2D eigenvalue weighted by molar-refractivity contribution is 9.11. The first kappa shape index (κ1) is 15.7. The molecular formula is C12H12Br3NO2. The van der Waals surface area contributed by atoms with Crippen molar-refractivity contribution in [2.45, 2.75) is 6.92 Å². The third-order valence-corrected chi connectivity index (χ3v) is 3.76. The average molecular weight is 442 g/mol. The second-order valence-corrected chi connectivity index (χ2v) is 6.05. The van der Waals surface area contributed by atoms with Crippen LogP contribution in [0.15, 0.2) is 37.7 Å². The summed E-state index contributed by atoms with van der Waals surface area (Å²) in [4.78, 5) is 11.4. The Balaban J connectivity index is 2.70. The molecule has 98 valence electrons. The summed E-state index contributed by atoms with van der Waals surface area (Å²) in [6.07, 6.45) is 0. The highest BCUT2D eigenvalue weighted by atomic mass is 79.9. The Morgan fingerprint density at radius 1 is 1.33 bits per heavy atom. The molecule has 0 unspecified atom stereocenters. The van der Waals surface area contributed by atoms with Crippen LogP contribution in [0.1, 0.15) is 6.92 Å². The van der Waals surface area contributed by atoms with E-state index >= 15 is 0 Å². The number of nitrogens with one attached hydrogen (secondary N) is 1. The van der Waals surface area contributed by atoms with Crippen molar-refractivity contribution < 1.29 is 9.53 Å². The quantitative estimate of drug-likeness (QED) is 0.540. The molecule has 0 amide bonds. The van der Waals surface area contributed by atoms with Crippen molar-refractivity contribution in [1.82, 2.24) is 0 Å². The molecule has 1 N–H and O–H groups in total. The number of hydrogen-bond acceptors (Lipinski definition) is 3. The molecule has 0 saturated heterocycles. The number of carbonyl (C=O) groups is 1. The van der Waals surface area contributed by atoms with Gasteiger partial charge in [-0.1, -0.05) is 22.5 Å². The smallest absolute Gasteiger partial charge is 0.335 e. The van der Waals surface area contributed by atoms with Crippen molar-refractivity contribution in [2.75, 3.05) is 18.5 Å². The summed E-state index contributed by atoms with van der Waals surface area (Å²) in [6, 6.07) is 3.83. The third-order valence-electron chi connectivity index (χ3n) is 2.05. The molecule has 0 spiro atoms. The minimum Gasteiger partial charge on any atom is -0.463 e. The number of hydrogen-bond donors (Lipinski definition) is 1. The highest BCUT2D eigenvalue weighted by Gasteiger charge is 2.10. The van der Waals surface area contributed by atoms with E-state index < -0.39 is 0 Å². The molecule has 0 heterocycles. The molecule has 1 rings (SSSR count). The first-order valence-corrected chi connectivity index (χ1v) is 7.57. The average Bonchev–Trinajstić information content (AvgIpc) is 2.27. The van der Waals surface area contributed by atoms with Crippen molar-refractivity contribution in [1.29, 1.82) is 0 Å². The lowest BCUT2D eigenvalue weighted by molar-refractivity contribution is -0.138. The van der Waals surface area contributed by atoms with Crippen molar-refractivity contribution >= 4 is 59.4 Å². The summed E-state index contributed by atoms with van der Waals surface area (Å²) in [5.41, 5.74) is 1.25. The molecule has 0 aliphatic rings. The van der Waals surface area contributed by atoms with E-state index in [-0.39, 0.29) is 5.97 Å². The van der Waals surface area contributed by atoms with Gasteiger partial charge in [-0.05, 0) is 50.9 Å². The fourth-order valence-corrected chi connectivity index (χ4v) is 3.75. The maximum Gasteiger partial charge on any atom is 0.335 e. The Hall–Kier alpha value is -0.330. The van der Waals surface area contributed by atoms with Gasteiger partial charge in [0.05, 0.1) is 12.3 Å². The zero-order chi connectivity index (χ0) is 13.7. The molecule has 0 aliphatic carbocycles. The summed E-state index contributed by atoms with van der Waals surface area (Å²) >= 11 is 10.3. The lowest BCUT2D eigenvalue weighted by Gasteiger charge is -2.12. The predicted octanol–water partition coefficient (Wildman–Crippen LogP) is 4.51. The van der Waals surface area contributed by atoms with E-state index in [1.165, 1.54) is 0 Å². The molecule has 0 aromatic heterocycles. The van der Waals surface area contributed by atoms with Gasteiger partial charge >= 0.3 is 5.97 Å². The van der Waals surface area contributed by atoms with Crippen LogP contribution in [0.3, 0.4) is 0 Å². The topological polar surface area (TPSA) is 38.3 Å². The van der Waals surface area contributed by atoms with Gasteiger partial charge in [0.25, 0.3) is 0 Å². The summed E-state index contributed by atoms with van der Waals surface area (Å²) in [5, 5.41) is 3.13. The summed E-state index contributed by atoms with van der Waals surface area (Å²) in [5.74, 6) is -0.380. The molecule has 0 saturated carbocycles. The molecule has 1 aromatic carbocycles. The predicted molar refractivity (Wildman–Crippen MR) is 83.8 cm³/mol. The second-order valence-electron chi connectivity index (χ2n) is 3.42. The molecule has 0 aliphatic heterocycles. The van der Waals surface area contributed by atoms with Crippen LogP contribution in [0.2, 0.25) is 0 Å². The van der Waals surface area contributed by atoms with Crippen molar-refractivity contribution in [3.63, 3.8) is 0 Å². The van der Waals surface area contributed by atoms with Crippen LogP contribution in [-0.4, -0.2) is 19.1 Å². The van der Waals surface area contributed by atoms with E-state index in [4.69, 9.17) is 4.74 Å². The van der Waals surface area contributed by atoms with E-state index in [0.29, 0.717) is 18.7 Å². The van der Waals surface area contributed by atoms with E-state index in [2.05, 4.69) is 59.7 Å². The lowest BCUT2D eigenvalue weighted by atomic mass is 10.2. The Morgan fingerprint density at radius 3 is 2.39 bits per heavy atom.